The van der Waals surface area contributed by atoms with Gasteiger partial charge >= 0.3 is 0 Å². The van der Waals surface area contributed by atoms with Crippen molar-refractivity contribution in [1.29, 1.82) is 0 Å². The summed E-state index contributed by atoms with van der Waals surface area (Å²) in [7, 11) is 0. The topological polar surface area (TPSA) is 70.7 Å². The molecule has 1 aromatic heterocycles. The number of hydrogen-bond acceptors (Lipinski definition) is 5. The number of hydrogen-bond donors (Lipinski definition) is 1. The Morgan fingerprint density at radius 2 is 1.69 bits per heavy atom. The number of aryl methyl sites for hydroxylation is 2. The number of carbonyl (C=O) groups is 1. The summed E-state index contributed by atoms with van der Waals surface area (Å²) in [5.41, 5.74) is 3.23. The molecular weight excluding hydrogens is 332 g/mol. The molecule has 0 saturated carbocycles. The molecule has 26 heavy (non-hydrogen) atoms. The normalized spacial score (nSPS) is 14.4. The lowest BCUT2D eigenvalue weighted by atomic mass is 10.2. The third-order valence-electron chi connectivity index (χ3n) is 4.53. The monoisotopic (exact) mass is 358 g/mol. The van der Waals surface area contributed by atoms with E-state index in [4.69, 9.17) is 9.47 Å². The van der Waals surface area contributed by atoms with E-state index in [9.17, 15) is 4.79 Å². The van der Waals surface area contributed by atoms with Crippen LogP contribution in [0.25, 0.3) is 0 Å². The molecule has 1 aliphatic rings. The predicted molar refractivity (Wildman–Crippen MR) is 100.0 cm³/mol. The highest BCUT2D eigenvalue weighted by molar-refractivity contribution is 5.78. The maximum Gasteiger partial charge on any atom is 0.260 e. The van der Waals surface area contributed by atoms with Crippen molar-refractivity contribution in [2.24, 2.45) is 0 Å². The molecule has 0 atom stereocenters. The average molecular weight is 358 g/mol. The summed E-state index contributed by atoms with van der Waals surface area (Å²) in [4.78, 5) is 16.5. The lowest BCUT2D eigenvalue weighted by molar-refractivity contribution is -0.133. The Hall–Kier alpha value is -2.70. The molecule has 0 aliphatic carbocycles. The maximum atomic E-state index is 12.4. The van der Waals surface area contributed by atoms with Crippen LogP contribution in [0.1, 0.15) is 18.3 Å². The van der Waals surface area contributed by atoms with Crippen LogP contribution < -0.4 is 14.4 Å². The van der Waals surface area contributed by atoms with E-state index in [1.807, 2.05) is 49.9 Å². The van der Waals surface area contributed by atoms with E-state index >= 15 is 0 Å². The fraction of sp³-hybridized carbons (Fsp3) is 0.474. The molecule has 140 valence electrons. The zero-order valence-electron chi connectivity index (χ0n) is 15.6. The average Bonchev–Trinajstić information content (AvgIpc) is 3.00. The highest BCUT2D eigenvalue weighted by Crippen LogP contribution is 2.23. The summed E-state index contributed by atoms with van der Waals surface area (Å²) in [5, 5.41) is 7.27. The summed E-state index contributed by atoms with van der Waals surface area (Å²) in [6.07, 6.45) is 0. The first kappa shape index (κ1) is 18.1. The second-order valence-electron chi connectivity index (χ2n) is 6.34. The summed E-state index contributed by atoms with van der Waals surface area (Å²) in [6.45, 7) is 9.63. The van der Waals surface area contributed by atoms with E-state index in [1.165, 1.54) is 0 Å². The van der Waals surface area contributed by atoms with Gasteiger partial charge in [0, 0.05) is 26.2 Å². The first-order valence-electron chi connectivity index (χ1n) is 8.98. The zero-order valence-corrected chi connectivity index (χ0v) is 15.6. The summed E-state index contributed by atoms with van der Waals surface area (Å²) < 4.78 is 11.0. The first-order chi connectivity index (χ1) is 12.6. The molecule has 1 aliphatic heterocycles. The van der Waals surface area contributed by atoms with Crippen molar-refractivity contribution in [1.82, 2.24) is 15.1 Å². The number of nitrogens with zero attached hydrogens (tertiary/aromatic N) is 3. The molecule has 0 radical (unpaired) electrons. The van der Waals surface area contributed by atoms with Crippen molar-refractivity contribution in [3.05, 3.63) is 35.7 Å². The van der Waals surface area contributed by atoms with Gasteiger partial charge in [-0.25, -0.2) is 0 Å². The Morgan fingerprint density at radius 1 is 1.08 bits per heavy atom. The fourth-order valence-electron chi connectivity index (χ4n) is 3.23. The number of aromatic amines is 1. The lowest BCUT2D eigenvalue weighted by Crippen LogP contribution is -2.50. The zero-order chi connectivity index (χ0) is 18.5. The predicted octanol–water partition coefficient (Wildman–Crippen LogP) is 2.15. The molecule has 1 amide bonds. The van der Waals surface area contributed by atoms with Gasteiger partial charge in [0.05, 0.1) is 23.7 Å². The van der Waals surface area contributed by atoms with Crippen molar-refractivity contribution in [3.63, 3.8) is 0 Å². The van der Waals surface area contributed by atoms with Crippen LogP contribution in [0.5, 0.6) is 11.5 Å². The molecule has 3 rings (SSSR count). The van der Waals surface area contributed by atoms with E-state index in [0.717, 1.165) is 35.9 Å². The highest BCUT2D eigenvalue weighted by Gasteiger charge is 2.24. The van der Waals surface area contributed by atoms with Crippen LogP contribution in [-0.4, -0.2) is 60.4 Å². The minimum atomic E-state index is 0.0131. The number of amides is 1. The largest absolute Gasteiger partial charge is 0.494 e. The number of carbonyl (C=O) groups excluding carboxylic acids is 1. The first-order valence-corrected chi connectivity index (χ1v) is 8.98. The minimum absolute atomic E-state index is 0.0131. The third kappa shape index (κ3) is 4.09. The number of aromatic nitrogens is 2. The van der Waals surface area contributed by atoms with Crippen molar-refractivity contribution in [3.8, 4) is 11.5 Å². The van der Waals surface area contributed by atoms with Crippen LogP contribution in [-0.2, 0) is 4.79 Å². The SMILES string of the molecule is CCOc1ccc(OCC(=O)N2CCN(c3c(C)n[nH]c3C)CC2)cc1. The van der Waals surface area contributed by atoms with Crippen molar-refractivity contribution < 1.29 is 14.3 Å². The number of benzene rings is 1. The van der Waals surface area contributed by atoms with Gasteiger partial charge < -0.3 is 19.3 Å². The number of rotatable bonds is 6. The Kier molecular flexibility index (Phi) is 5.65. The van der Waals surface area contributed by atoms with Gasteiger partial charge in [0.2, 0.25) is 0 Å². The molecule has 2 heterocycles. The standard InChI is InChI=1S/C19H26N4O3/c1-4-25-16-5-7-17(8-6-16)26-13-18(24)22-9-11-23(12-10-22)19-14(2)20-21-15(19)3/h5-8H,4,9-13H2,1-3H3,(H,20,21). The smallest absolute Gasteiger partial charge is 0.260 e. The van der Waals surface area contributed by atoms with E-state index < -0.39 is 0 Å². The van der Waals surface area contributed by atoms with Gasteiger partial charge in [0.25, 0.3) is 5.91 Å². The van der Waals surface area contributed by atoms with Gasteiger partial charge in [-0.1, -0.05) is 0 Å². The van der Waals surface area contributed by atoms with E-state index in [0.29, 0.717) is 25.4 Å². The fourth-order valence-corrected chi connectivity index (χ4v) is 3.23. The van der Waals surface area contributed by atoms with Crippen LogP contribution in [0.2, 0.25) is 0 Å². The highest BCUT2D eigenvalue weighted by atomic mass is 16.5. The molecule has 0 bridgehead atoms. The van der Waals surface area contributed by atoms with Gasteiger partial charge in [0.15, 0.2) is 6.61 Å². The van der Waals surface area contributed by atoms with E-state index in [1.54, 1.807) is 0 Å². The van der Waals surface area contributed by atoms with Crippen LogP contribution in [0.15, 0.2) is 24.3 Å². The quantitative estimate of drug-likeness (QED) is 0.857. The Balaban J connectivity index is 1.48. The second kappa shape index (κ2) is 8.12. The maximum absolute atomic E-state index is 12.4. The third-order valence-corrected chi connectivity index (χ3v) is 4.53. The number of piperazine rings is 1. The van der Waals surface area contributed by atoms with Crippen LogP contribution >= 0.6 is 0 Å². The van der Waals surface area contributed by atoms with E-state index in [2.05, 4.69) is 15.1 Å². The number of H-pyrrole nitrogens is 1. The summed E-state index contributed by atoms with van der Waals surface area (Å²) in [6, 6.07) is 7.33. The van der Waals surface area contributed by atoms with Crippen LogP contribution in [0, 0.1) is 13.8 Å². The van der Waals surface area contributed by atoms with Crippen LogP contribution in [0.3, 0.4) is 0 Å². The van der Waals surface area contributed by atoms with Crippen molar-refractivity contribution in [2.75, 3.05) is 44.3 Å². The van der Waals surface area contributed by atoms with Gasteiger partial charge in [-0.05, 0) is 45.0 Å². The number of ether oxygens (including phenoxy) is 2. The molecule has 1 N–H and O–H groups in total. The van der Waals surface area contributed by atoms with Crippen molar-refractivity contribution in [2.45, 2.75) is 20.8 Å². The lowest BCUT2D eigenvalue weighted by Gasteiger charge is -2.36. The minimum Gasteiger partial charge on any atom is -0.494 e. The molecule has 7 nitrogen and oxygen atoms in total. The number of nitrogens with one attached hydrogen (secondary N) is 1. The molecule has 1 aromatic carbocycles. The second-order valence-corrected chi connectivity index (χ2v) is 6.34. The molecule has 1 fully saturated rings. The van der Waals surface area contributed by atoms with Gasteiger partial charge in [-0.15, -0.1) is 0 Å². The molecule has 2 aromatic rings. The molecule has 0 spiro atoms. The van der Waals surface area contributed by atoms with Gasteiger partial charge in [0.1, 0.15) is 11.5 Å². The Bertz CT molecular complexity index is 714. The van der Waals surface area contributed by atoms with Crippen molar-refractivity contribution >= 4 is 11.6 Å². The van der Waals surface area contributed by atoms with Crippen LogP contribution in [0.4, 0.5) is 5.69 Å². The molecule has 1 saturated heterocycles. The summed E-state index contributed by atoms with van der Waals surface area (Å²) in [5.74, 6) is 1.48. The summed E-state index contributed by atoms with van der Waals surface area (Å²) >= 11 is 0. The van der Waals surface area contributed by atoms with Gasteiger partial charge in [-0.3, -0.25) is 9.89 Å². The molecule has 0 unspecified atom stereocenters. The van der Waals surface area contributed by atoms with Gasteiger partial charge in [-0.2, -0.15) is 5.10 Å². The Morgan fingerprint density at radius 3 is 2.23 bits per heavy atom. The molecular formula is C19H26N4O3. The van der Waals surface area contributed by atoms with E-state index in [-0.39, 0.29) is 12.5 Å². The number of anilines is 1. The Labute approximate surface area is 153 Å². The molecule has 7 heteroatoms.